The average molecular weight is 284 g/mol. The average Bonchev–Trinajstić information content (AvgIpc) is 3.12. The molecular weight excluding hydrogens is 260 g/mol. The van der Waals surface area contributed by atoms with Gasteiger partial charge in [0.05, 0.1) is 11.7 Å². The standard InChI is InChI=1S/C14H24N2O4/c1-13(2)7-6-10(20-13)8-15-12(19)16-14(3,11(17)18)9-4-5-9/h9-10H,4-8H2,1-3H3,(H,17,18)(H2,15,16,19). The molecule has 0 aromatic carbocycles. The lowest BCUT2D eigenvalue weighted by molar-refractivity contribution is -0.144. The molecule has 1 aliphatic heterocycles. The second-order valence-electron chi connectivity index (χ2n) is 6.66. The van der Waals surface area contributed by atoms with E-state index in [0.29, 0.717) is 6.54 Å². The first-order chi connectivity index (χ1) is 9.23. The van der Waals surface area contributed by atoms with Crippen LogP contribution in [0.25, 0.3) is 0 Å². The summed E-state index contributed by atoms with van der Waals surface area (Å²) in [5.41, 5.74) is -1.30. The van der Waals surface area contributed by atoms with Crippen molar-refractivity contribution in [1.82, 2.24) is 10.6 Å². The molecule has 2 amide bonds. The van der Waals surface area contributed by atoms with E-state index in [2.05, 4.69) is 10.6 Å². The van der Waals surface area contributed by atoms with Gasteiger partial charge in [-0.15, -0.1) is 0 Å². The molecular formula is C14H24N2O4. The monoisotopic (exact) mass is 284 g/mol. The third-order valence-electron chi connectivity index (χ3n) is 4.26. The molecule has 6 heteroatoms. The Bertz CT molecular complexity index is 406. The fraction of sp³-hybridized carbons (Fsp3) is 0.857. The van der Waals surface area contributed by atoms with Crippen LogP contribution in [-0.4, -0.2) is 40.9 Å². The number of aliphatic carboxylic acids is 1. The van der Waals surface area contributed by atoms with Crippen LogP contribution in [0.3, 0.4) is 0 Å². The first-order valence-electron chi connectivity index (χ1n) is 7.20. The molecule has 0 radical (unpaired) electrons. The molecule has 2 rings (SSSR count). The summed E-state index contributed by atoms with van der Waals surface area (Å²) < 4.78 is 5.78. The maximum Gasteiger partial charge on any atom is 0.329 e. The van der Waals surface area contributed by atoms with Gasteiger partial charge in [-0.25, -0.2) is 9.59 Å². The lowest BCUT2D eigenvalue weighted by Gasteiger charge is -2.26. The first-order valence-corrected chi connectivity index (χ1v) is 7.20. The van der Waals surface area contributed by atoms with Crippen molar-refractivity contribution in [2.75, 3.05) is 6.54 Å². The summed E-state index contributed by atoms with van der Waals surface area (Å²) >= 11 is 0. The summed E-state index contributed by atoms with van der Waals surface area (Å²) in [5, 5.41) is 14.6. The van der Waals surface area contributed by atoms with E-state index >= 15 is 0 Å². The molecule has 3 N–H and O–H groups in total. The number of hydrogen-bond acceptors (Lipinski definition) is 3. The highest BCUT2D eigenvalue weighted by atomic mass is 16.5. The topological polar surface area (TPSA) is 87.7 Å². The van der Waals surface area contributed by atoms with Crippen LogP contribution >= 0.6 is 0 Å². The highest BCUT2D eigenvalue weighted by Crippen LogP contribution is 2.39. The molecule has 2 aliphatic rings. The molecule has 1 saturated heterocycles. The van der Waals surface area contributed by atoms with Gasteiger partial charge in [0.15, 0.2) is 0 Å². The maximum atomic E-state index is 11.9. The highest BCUT2D eigenvalue weighted by Gasteiger charge is 2.48. The van der Waals surface area contributed by atoms with Crippen LogP contribution in [0.1, 0.15) is 46.5 Å². The Balaban J connectivity index is 1.79. The molecule has 0 bridgehead atoms. The van der Waals surface area contributed by atoms with E-state index in [1.54, 1.807) is 6.92 Å². The van der Waals surface area contributed by atoms with Gasteiger partial charge in [0, 0.05) is 6.54 Å². The van der Waals surface area contributed by atoms with Gasteiger partial charge in [0.25, 0.3) is 0 Å². The minimum absolute atomic E-state index is 0.00718. The van der Waals surface area contributed by atoms with Crippen LogP contribution in [0.15, 0.2) is 0 Å². The third-order valence-corrected chi connectivity index (χ3v) is 4.26. The number of ether oxygens (including phenoxy) is 1. The SMILES string of the molecule is CC1(C)CCC(CNC(=O)NC(C)(C(=O)O)C2CC2)O1. The van der Waals surface area contributed by atoms with Crippen LogP contribution < -0.4 is 10.6 Å². The summed E-state index contributed by atoms with van der Waals surface area (Å²) in [4.78, 5) is 23.2. The predicted octanol–water partition coefficient (Wildman–Crippen LogP) is 1.50. The lowest BCUT2D eigenvalue weighted by Crippen LogP contribution is -2.57. The van der Waals surface area contributed by atoms with Gasteiger partial charge in [0.1, 0.15) is 5.54 Å². The molecule has 2 fully saturated rings. The smallest absolute Gasteiger partial charge is 0.329 e. The number of rotatable bonds is 5. The lowest BCUT2D eigenvalue weighted by atomic mass is 9.96. The van der Waals surface area contributed by atoms with Gasteiger partial charge in [0.2, 0.25) is 0 Å². The van der Waals surface area contributed by atoms with Crippen LogP contribution in [0.5, 0.6) is 0 Å². The summed E-state index contributed by atoms with van der Waals surface area (Å²) in [6, 6.07) is -0.435. The Morgan fingerprint density at radius 2 is 2.00 bits per heavy atom. The van der Waals surface area contributed by atoms with Crippen molar-refractivity contribution in [3.8, 4) is 0 Å². The van der Waals surface area contributed by atoms with Gasteiger partial charge < -0.3 is 20.5 Å². The highest BCUT2D eigenvalue weighted by molar-refractivity contribution is 5.86. The van der Waals surface area contributed by atoms with Crippen LogP contribution in [-0.2, 0) is 9.53 Å². The number of nitrogens with one attached hydrogen (secondary N) is 2. The third kappa shape index (κ3) is 3.42. The molecule has 0 aromatic rings. The molecule has 6 nitrogen and oxygen atoms in total. The summed E-state index contributed by atoms with van der Waals surface area (Å²) in [6.45, 7) is 6.04. The van der Waals surface area contributed by atoms with Gasteiger partial charge in [-0.1, -0.05) is 0 Å². The van der Waals surface area contributed by atoms with Crippen molar-refractivity contribution in [1.29, 1.82) is 0 Å². The fourth-order valence-electron chi connectivity index (χ4n) is 2.70. The van der Waals surface area contributed by atoms with Gasteiger partial charge in [-0.3, -0.25) is 0 Å². The van der Waals surface area contributed by atoms with E-state index in [-0.39, 0.29) is 17.6 Å². The van der Waals surface area contributed by atoms with Gasteiger partial charge in [-0.2, -0.15) is 0 Å². The quantitative estimate of drug-likeness (QED) is 0.714. The maximum absolute atomic E-state index is 11.9. The molecule has 0 aromatic heterocycles. The minimum atomic E-state index is -1.17. The number of carboxylic acid groups (broad SMARTS) is 1. The minimum Gasteiger partial charge on any atom is -0.480 e. The van der Waals surface area contributed by atoms with Crippen molar-refractivity contribution in [3.05, 3.63) is 0 Å². The summed E-state index contributed by atoms with van der Waals surface area (Å²) in [7, 11) is 0. The van der Waals surface area contributed by atoms with Gasteiger partial charge >= 0.3 is 12.0 Å². The van der Waals surface area contributed by atoms with E-state index in [1.807, 2.05) is 13.8 Å². The fourth-order valence-corrected chi connectivity index (χ4v) is 2.70. The zero-order valence-electron chi connectivity index (χ0n) is 12.4. The Morgan fingerprint density at radius 3 is 2.45 bits per heavy atom. The molecule has 2 unspecified atom stereocenters. The van der Waals surface area contributed by atoms with Crippen molar-refractivity contribution in [2.24, 2.45) is 5.92 Å². The zero-order valence-corrected chi connectivity index (χ0v) is 12.4. The molecule has 114 valence electrons. The number of carbonyl (C=O) groups excluding carboxylic acids is 1. The van der Waals surface area contributed by atoms with Crippen molar-refractivity contribution in [3.63, 3.8) is 0 Å². The predicted molar refractivity (Wildman–Crippen MR) is 73.5 cm³/mol. The van der Waals surface area contributed by atoms with Crippen molar-refractivity contribution < 1.29 is 19.4 Å². The second-order valence-corrected chi connectivity index (χ2v) is 6.66. The van der Waals surface area contributed by atoms with Crippen molar-refractivity contribution in [2.45, 2.75) is 63.7 Å². The van der Waals surface area contributed by atoms with E-state index in [1.165, 1.54) is 0 Å². The summed E-state index contributed by atoms with van der Waals surface area (Å²) in [5.74, 6) is -0.944. The molecule has 2 atom stereocenters. The Kier molecular flexibility index (Phi) is 3.95. The number of urea groups is 1. The number of hydrogen-bond donors (Lipinski definition) is 3. The van der Waals surface area contributed by atoms with Crippen molar-refractivity contribution >= 4 is 12.0 Å². The van der Waals surface area contributed by atoms with E-state index in [4.69, 9.17) is 4.74 Å². The first kappa shape index (κ1) is 15.1. The normalized spacial score (nSPS) is 27.6. The molecule has 20 heavy (non-hydrogen) atoms. The Morgan fingerprint density at radius 1 is 1.35 bits per heavy atom. The van der Waals surface area contributed by atoms with E-state index < -0.39 is 17.5 Å². The number of carboxylic acids is 1. The zero-order chi connectivity index (χ0) is 15.0. The Hall–Kier alpha value is -1.30. The van der Waals surface area contributed by atoms with Gasteiger partial charge in [-0.05, 0) is 52.4 Å². The van der Waals surface area contributed by atoms with E-state index in [0.717, 1.165) is 25.7 Å². The van der Waals surface area contributed by atoms with E-state index in [9.17, 15) is 14.7 Å². The van der Waals surface area contributed by atoms with Crippen LogP contribution in [0, 0.1) is 5.92 Å². The number of amides is 2. The molecule has 1 heterocycles. The second kappa shape index (κ2) is 5.24. The molecule has 0 spiro atoms. The summed E-state index contributed by atoms with van der Waals surface area (Å²) in [6.07, 6.45) is 3.58. The van der Waals surface area contributed by atoms with Crippen LogP contribution in [0.4, 0.5) is 4.79 Å². The molecule has 1 saturated carbocycles. The van der Waals surface area contributed by atoms with Crippen LogP contribution in [0.2, 0.25) is 0 Å². The number of carbonyl (C=O) groups is 2. The molecule has 1 aliphatic carbocycles. The largest absolute Gasteiger partial charge is 0.480 e. The Labute approximate surface area is 119 Å².